The van der Waals surface area contributed by atoms with Crippen molar-refractivity contribution in [2.45, 2.75) is 54.0 Å². The lowest BCUT2D eigenvalue weighted by atomic mass is 9.97. The maximum atomic E-state index is 12.8. The molecule has 0 aliphatic heterocycles. The predicted molar refractivity (Wildman–Crippen MR) is 121 cm³/mol. The lowest BCUT2D eigenvalue weighted by Gasteiger charge is -2.09. The second-order valence-corrected chi connectivity index (χ2v) is 8.50. The summed E-state index contributed by atoms with van der Waals surface area (Å²) in [6.45, 7) is 10.3. The van der Waals surface area contributed by atoms with Crippen LogP contribution in [0.25, 0.3) is 10.2 Å². The van der Waals surface area contributed by atoms with Gasteiger partial charge in [-0.15, -0.1) is 0 Å². The smallest absolute Gasteiger partial charge is 0.326 e. The normalized spacial score (nSPS) is 11.8. The highest BCUT2D eigenvalue weighted by molar-refractivity contribution is 7.16. The number of fused-ring (bicyclic) bond motifs is 1. The number of esters is 1. The Hall–Kier alpha value is -2.73. The molecule has 158 valence electrons. The fraction of sp³-hybridized carbons (Fsp3) is 0.375. The molecule has 0 atom stereocenters. The standard InChI is InChI=1S/C24H28N2O3S/c1-6-18-8-9-20-21(12-18)30-24(26(20)14-23(28)29-7-2)25-22(27)13-19-16(4)10-15(3)11-17(19)5/h8-12H,6-7,13-14H2,1-5H3. The number of benzene rings is 2. The molecule has 3 aromatic rings. The predicted octanol–water partition coefficient (Wildman–Crippen LogP) is 4.42. The van der Waals surface area contributed by atoms with Crippen LogP contribution in [0.3, 0.4) is 0 Å². The molecule has 1 amide bonds. The zero-order valence-electron chi connectivity index (χ0n) is 18.2. The first-order chi connectivity index (χ1) is 14.3. The molecule has 0 saturated heterocycles. The number of rotatable bonds is 6. The van der Waals surface area contributed by atoms with Crippen molar-refractivity contribution in [3.63, 3.8) is 0 Å². The third-order valence-corrected chi connectivity index (χ3v) is 6.18. The topological polar surface area (TPSA) is 60.7 Å². The van der Waals surface area contributed by atoms with Crippen molar-refractivity contribution in [3.05, 3.63) is 63.0 Å². The van der Waals surface area contributed by atoms with Crippen LogP contribution in [-0.2, 0) is 33.7 Å². The molecule has 30 heavy (non-hydrogen) atoms. The maximum Gasteiger partial charge on any atom is 0.326 e. The molecule has 0 saturated carbocycles. The summed E-state index contributed by atoms with van der Waals surface area (Å²) in [5.41, 5.74) is 6.48. The van der Waals surface area contributed by atoms with Crippen molar-refractivity contribution in [2.75, 3.05) is 6.61 Å². The Kier molecular flexibility index (Phi) is 6.87. The summed E-state index contributed by atoms with van der Waals surface area (Å²) in [4.78, 5) is 29.9. The van der Waals surface area contributed by atoms with Gasteiger partial charge in [-0.1, -0.05) is 42.0 Å². The van der Waals surface area contributed by atoms with Crippen LogP contribution in [-0.4, -0.2) is 23.1 Å². The van der Waals surface area contributed by atoms with Gasteiger partial charge in [-0.25, -0.2) is 0 Å². The van der Waals surface area contributed by atoms with E-state index in [2.05, 4.69) is 37.0 Å². The Morgan fingerprint density at radius 3 is 2.40 bits per heavy atom. The zero-order valence-corrected chi connectivity index (χ0v) is 19.1. The van der Waals surface area contributed by atoms with Crippen LogP contribution >= 0.6 is 11.3 Å². The minimum Gasteiger partial charge on any atom is -0.465 e. The van der Waals surface area contributed by atoms with Crippen LogP contribution in [0.5, 0.6) is 0 Å². The highest BCUT2D eigenvalue weighted by atomic mass is 32.1. The van der Waals surface area contributed by atoms with E-state index in [0.29, 0.717) is 11.4 Å². The van der Waals surface area contributed by atoms with E-state index in [9.17, 15) is 9.59 Å². The zero-order chi connectivity index (χ0) is 21.8. The van der Waals surface area contributed by atoms with E-state index in [-0.39, 0.29) is 24.8 Å². The summed E-state index contributed by atoms with van der Waals surface area (Å²) in [7, 11) is 0. The van der Waals surface area contributed by atoms with Crippen LogP contribution in [0.2, 0.25) is 0 Å². The molecule has 2 aromatic carbocycles. The fourth-order valence-corrected chi connectivity index (χ4v) is 4.81. The number of carbonyl (C=O) groups is 2. The van der Waals surface area contributed by atoms with Gasteiger partial charge in [0.2, 0.25) is 0 Å². The Morgan fingerprint density at radius 2 is 1.77 bits per heavy atom. The highest BCUT2D eigenvalue weighted by Crippen LogP contribution is 2.21. The van der Waals surface area contributed by atoms with Gasteiger partial charge in [0.15, 0.2) is 4.80 Å². The van der Waals surface area contributed by atoms with Gasteiger partial charge in [0.05, 0.1) is 23.2 Å². The monoisotopic (exact) mass is 424 g/mol. The second-order valence-electron chi connectivity index (χ2n) is 7.49. The summed E-state index contributed by atoms with van der Waals surface area (Å²) in [5.74, 6) is -0.555. The largest absolute Gasteiger partial charge is 0.465 e. The summed E-state index contributed by atoms with van der Waals surface area (Å²) >= 11 is 1.43. The average Bonchev–Trinajstić information content (AvgIpc) is 3.00. The molecule has 0 bridgehead atoms. The number of amides is 1. The van der Waals surface area contributed by atoms with E-state index in [1.807, 2.05) is 26.0 Å². The summed E-state index contributed by atoms with van der Waals surface area (Å²) in [6, 6.07) is 10.3. The average molecular weight is 425 g/mol. The Bertz CT molecular complexity index is 1150. The molecule has 0 spiro atoms. The molecule has 0 N–H and O–H groups in total. The van der Waals surface area contributed by atoms with Crippen LogP contribution < -0.4 is 4.80 Å². The SMILES string of the molecule is CCOC(=O)Cn1c(=NC(=O)Cc2c(C)cc(C)cc2C)sc2cc(CC)ccc21. The van der Waals surface area contributed by atoms with E-state index in [1.165, 1.54) is 22.5 Å². The molecule has 1 aromatic heterocycles. The molecule has 0 aliphatic carbocycles. The fourth-order valence-electron chi connectivity index (χ4n) is 3.70. The molecule has 0 unspecified atom stereocenters. The molecular formula is C24H28N2O3S. The van der Waals surface area contributed by atoms with Crippen molar-refractivity contribution >= 4 is 33.4 Å². The first-order valence-corrected chi connectivity index (χ1v) is 11.1. The van der Waals surface area contributed by atoms with E-state index in [4.69, 9.17) is 4.74 Å². The first-order valence-electron chi connectivity index (χ1n) is 10.2. The molecule has 0 fully saturated rings. The van der Waals surface area contributed by atoms with E-state index in [1.54, 1.807) is 11.5 Å². The molecule has 3 rings (SSSR count). The summed E-state index contributed by atoms with van der Waals surface area (Å²) < 4.78 is 7.91. The Morgan fingerprint density at radius 1 is 1.07 bits per heavy atom. The van der Waals surface area contributed by atoms with Crippen molar-refractivity contribution in [3.8, 4) is 0 Å². The third kappa shape index (κ3) is 4.87. The van der Waals surface area contributed by atoms with Crippen LogP contribution in [0.1, 0.15) is 41.7 Å². The lowest BCUT2D eigenvalue weighted by Crippen LogP contribution is -2.23. The lowest BCUT2D eigenvalue weighted by molar-refractivity contribution is -0.143. The summed E-state index contributed by atoms with van der Waals surface area (Å²) in [6.07, 6.45) is 1.16. The van der Waals surface area contributed by atoms with Gasteiger partial charge in [0, 0.05) is 0 Å². The van der Waals surface area contributed by atoms with Crippen LogP contribution in [0.15, 0.2) is 35.3 Å². The van der Waals surface area contributed by atoms with Gasteiger partial charge in [-0.05, 0) is 68.5 Å². The third-order valence-electron chi connectivity index (χ3n) is 5.14. The van der Waals surface area contributed by atoms with Crippen molar-refractivity contribution in [1.29, 1.82) is 0 Å². The second kappa shape index (κ2) is 9.39. The number of nitrogens with zero attached hydrogens (tertiary/aromatic N) is 2. The van der Waals surface area contributed by atoms with Gasteiger partial charge >= 0.3 is 5.97 Å². The quantitative estimate of drug-likeness (QED) is 0.550. The molecule has 6 heteroatoms. The Labute approximate surface area is 181 Å². The van der Waals surface area contributed by atoms with Crippen LogP contribution in [0.4, 0.5) is 0 Å². The van der Waals surface area contributed by atoms with Gasteiger partial charge in [-0.2, -0.15) is 4.99 Å². The van der Waals surface area contributed by atoms with E-state index < -0.39 is 0 Å². The molecule has 0 aliphatic rings. The molecule has 1 heterocycles. The number of aryl methyl sites for hydroxylation is 4. The minimum atomic E-state index is -0.337. The Balaban J connectivity index is 2.03. The van der Waals surface area contributed by atoms with E-state index in [0.717, 1.165) is 33.3 Å². The number of ether oxygens (including phenoxy) is 1. The number of thiazole rings is 1. The number of hydrogen-bond acceptors (Lipinski definition) is 4. The molecular weight excluding hydrogens is 396 g/mol. The number of carbonyl (C=O) groups excluding carboxylic acids is 2. The van der Waals surface area contributed by atoms with Crippen molar-refractivity contribution in [1.82, 2.24) is 4.57 Å². The van der Waals surface area contributed by atoms with E-state index >= 15 is 0 Å². The van der Waals surface area contributed by atoms with Crippen molar-refractivity contribution in [2.24, 2.45) is 4.99 Å². The van der Waals surface area contributed by atoms with Gasteiger partial charge in [0.25, 0.3) is 5.91 Å². The maximum absolute atomic E-state index is 12.8. The van der Waals surface area contributed by atoms with Crippen LogP contribution in [0, 0.1) is 20.8 Å². The van der Waals surface area contributed by atoms with Gasteiger partial charge in [-0.3, -0.25) is 9.59 Å². The van der Waals surface area contributed by atoms with Gasteiger partial charge < -0.3 is 9.30 Å². The van der Waals surface area contributed by atoms with Gasteiger partial charge in [0.1, 0.15) is 6.54 Å². The summed E-state index contributed by atoms with van der Waals surface area (Å²) in [5, 5.41) is 0. The molecule has 0 radical (unpaired) electrons. The van der Waals surface area contributed by atoms with Crippen molar-refractivity contribution < 1.29 is 14.3 Å². The molecule has 5 nitrogen and oxygen atoms in total. The number of hydrogen-bond donors (Lipinski definition) is 0. The minimum absolute atomic E-state index is 0.0357. The first kappa shape index (κ1) is 22.0. The highest BCUT2D eigenvalue weighted by Gasteiger charge is 2.14. The number of aromatic nitrogens is 1.